The summed E-state index contributed by atoms with van der Waals surface area (Å²) in [6.45, 7) is 14.5. The molecule has 1 aliphatic heterocycles. The van der Waals surface area contributed by atoms with Gasteiger partial charge in [-0.05, 0) is 60.8 Å². The van der Waals surface area contributed by atoms with Gasteiger partial charge in [0.15, 0.2) is 0 Å². The number of thiazole rings is 1. The summed E-state index contributed by atoms with van der Waals surface area (Å²) in [6, 6.07) is 4.96. The van der Waals surface area contributed by atoms with E-state index in [1.165, 1.54) is 5.56 Å². The van der Waals surface area contributed by atoms with Crippen LogP contribution in [0.25, 0.3) is 10.4 Å². The molecule has 3 unspecified atom stereocenters. The van der Waals surface area contributed by atoms with E-state index in [2.05, 4.69) is 47.7 Å². The molecule has 7 nitrogen and oxygen atoms in total. The van der Waals surface area contributed by atoms with Gasteiger partial charge in [-0.3, -0.25) is 14.4 Å². The second kappa shape index (κ2) is 10.9. The van der Waals surface area contributed by atoms with Crippen molar-refractivity contribution < 1.29 is 14.4 Å². The van der Waals surface area contributed by atoms with Gasteiger partial charge in [0.05, 0.1) is 22.1 Å². The Balaban J connectivity index is 1.80. The Kier molecular flexibility index (Phi) is 8.36. The molecule has 0 spiro atoms. The van der Waals surface area contributed by atoms with Gasteiger partial charge < -0.3 is 15.5 Å². The monoisotopic (exact) mass is 498 g/mol. The lowest BCUT2D eigenvalue weighted by Crippen LogP contribution is -2.56. The van der Waals surface area contributed by atoms with E-state index in [1.807, 2.05) is 40.1 Å². The number of nitrogens with one attached hydrogen (secondary N) is 2. The lowest BCUT2D eigenvalue weighted by molar-refractivity contribution is -0.143. The Morgan fingerprint density at radius 3 is 2.49 bits per heavy atom. The van der Waals surface area contributed by atoms with Gasteiger partial charge in [-0.15, -0.1) is 11.3 Å². The standard InChI is InChI=1S/C27H38N4O3S/c1-16(2)21-13-19(23-18(4)29-15-35-23)10-11-20(21)17(3)30-25(33)22-9-8-12-31(22)26(34)24(28-14-32)27(5,6)7/h10-11,13-17,22,24H,8-9,12H2,1-7H3,(H,28,32)(H,30,33). The van der Waals surface area contributed by atoms with E-state index in [0.717, 1.165) is 28.1 Å². The number of nitrogens with zero attached hydrogens (tertiary/aromatic N) is 2. The quantitative estimate of drug-likeness (QED) is 0.522. The van der Waals surface area contributed by atoms with E-state index in [1.54, 1.807) is 16.2 Å². The largest absolute Gasteiger partial charge is 0.348 e. The van der Waals surface area contributed by atoms with Crippen molar-refractivity contribution in [1.82, 2.24) is 20.5 Å². The molecular formula is C27H38N4O3S. The highest BCUT2D eigenvalue weighted by Gasteiger charge is 2.41. The normalized spacial score (nSPS) is 17.8. The third-order valence-corrected chi connectivity index (χ3v) is 7.71. The second-order valence-corrected chi connectivity index (χ2v) is 11.6. The summed E-state index contributed by atoms with van der Waals surface area (Å²) in [5.74, 6) is -0.0784. The van der Waals surface area contributed by atoms with E-state index in [0.29, 0.717) is 19.4 Å². The number of hydrogen-bond acceptors (Lipinski definition) is 5. The number of carbonyl (C=O) groups excluding carboxylic acids is 3. The van der Waals surface area contributed by atoms with Crippen LogP contribution in [0.15, 0.2) is 23.7 Å². The Labute approximate surface area is 212 Å². The lowest BCUT2D eigenvalue weighted by Gasteiger charge is -2.34. The minimum absolute atomic E-state index is 0.154. The Bertz CT molecular complexity index is 1070. The first-order chi connectivity index (χ1) is 16.5. The molecule has 1 aromatic carbocycles. The first kappa shape index (κ1) is 26.9. The number of hydrogen-bond donors (Lipinski definition) is 2. The molecule has 1 aromatic heterocycles. The van der Waals surface area contributed by atoms with E-state index >= 15 is 0 Å². The van der Waals surface area contributed by atoms with Crippen molar-refractivity contribution in [2.75, 3.05) is 6.54 Å². The van der Waals surface area contributed by atoms with Gasteiger partial charge in [0, 0.05) is 6.54 Å². The van der Waals surface area contributed by atoms with Gasteiger partial charge in [-0.2, -0.15) is 0 Å². The number of carbonyl (C=O) groups is 3. The molecule has 0 aliphatic carbocycles. The summed E-state index contributed by atoms with van der Waals surface area (Å²) < 4.78 is 0. The average molecular weight is 499 g/mol. The molecule has 190 valence electrons. The molecule has 35 heavy (non-hydrogen) atoms. The van der Waals surface area contributed by atoms with Gasteiger partial charge >= 0.3 is 0 Å². The number of rotatable bonds is 8. The number of amides is 3. The van der Waals surface area contributed by atoms with Crippen LogP contribution in [-0.4, -0.2) is 46.7 Å². The van der Waals surface area contributed by atoms with E-state index in [9.17, 15) is 14.4 Å². The predicted octanol–water partition coefficient (Wildman–Crippen LogP) is 4.57. The van der Waals surface area contributed by atoms with Gasteiger partial charge in [-0.1, -0.05) is 46.8 Å². The fourth-order valence-corrected chi connectivity index (χ4v) is 5.61. The second-order valence-electron chi connectivity index (χ2n) is 10.8. The van der Waals surface area contributed by atoms with Crippen molar-refractivity contribution in [2.45, 2.75) is 85.4 Å². The Hall–Kier alpha value is -2.74. The topological polar surface area (TPSA) is 91.4 Å². The molecular weight excluding hydrogens is 460 g/mol. The van der Waals surface area contributed by atoms with E-state index in [-0.39, 0.29) is 23.8 Å². The maximum absolute atomic E-state index is 13.4. The summed E-state index contributed by atoms with van der Waals surface area (Å²) >= 11 is 1.63. The lowest BCUT2D eigenvalue weighted by atomic mass is 9.85. The highest BCUT2D eigenvalue weighted by atomic mass is 32.1. The molecule has 1 aliphatic rings. The molecule has 3 amide bonds. The smallest absolute Gasteiger partial charge is 0.246 e. The zero-order valence-electron chi connectivity index (χ0n) is 21.8. The summed E-state index contributed by atoms with van der Waals surface area (Å²) in [4.78, 5) is 45.0. The van der Waals surface area contributed by atoms with Crippen molar-refractivity contribution in [3.8, 4) is 10.4 Å². The molecule has 0 saturated carbocycles. The summed E-state index contributed by atoms with van der Waals surface area (Å²) in [5.41, 5.74) is 5.82. The van der Waals surface area contributed by atoms with Crippen molar-refractivity contribution in [1.29, 1.82) is 0 Å². The minimum Gasteiger partial charge on any atom is -0.348 e. The molecule has 2 N–H and O–H groups in total. The molecule has 1 saturated heterocycles. The first-order valence-electron chi connectivity index (χ1n) is 12.3. The number of aromatic nitrogens is 1. The number of aryl methyl sites for hydroxylation is 1. The van der Waals surface area contributed by atoms with Gasteiger partial charge in [-0.25, -0.2) is 4.98 Å². The molecule has 3 atom stereocenters. The van der Waals surface area contributed by atoms with Crippen LogP contribution in [0.2, 0.25) is 0 Å². The molecule has 1 fully saturated rings. The fourth-order valence-electron chi connectivity index (χ4n) is 4.81. The van der Waals surface area contributed by atoms with Crippen LogP contribution < -0.4 is 10.6 Å². The van der Waals surface area contributed by atoms with Crippen LogP contribution in [-0.2, 0) is 14.4 Å². The molecule has 0 bridgehead atoms. The minimum atomic E-state index is -0.680. The van der Waals surface area contributed by atoms with Crippen LogP contribution in [0.4, 0.5) is 0 Å². The third-order valence-electron chi connectivity index (χ3n) is 6.73. The van der Waals surface area contributed by atoms with Crippen molar-refractivity contribution in [3.05, 3.63) is 40.5 Å². The third kappa shape index (κ3) is 5.92. The summed E-state index contributed by atoms with van der Waals surface area (Å²) in [5, 5.41) is 5.82. The van der Waals surface area contributed by atoms with Crippen LogP contribution >= 0.6 is 11.3 Å². The zero-order valence-corrected chi connectivity index (χ0v) is 22.7. The van der Waals surface area contributed by atoms with Gasteiger partial charge in [0.2, 0.25) is 18.2 Å². The van der Waals surface area contributed by atoms with E-state index < -0.39 is 17.5 Å². The SMILES string of the molecule is Cc1ncsc1-c1ccc(C(C)NC(=O)C2CCCN2C(=O)C(NC=O)C(C)(C)C)c(C(C)C)c1. The molecule has 8 heteroatoms. The maximum Gasteiger partial charge on any atom is 0.246 e. The number of likely N-dealkylation sites (tertiary alicyclic amines) is 1. The summed E-state index contributed by atoms with van der Waals surface area (Å²) in [7, 11) is 0. The van der Waals surface area contributed by atoms with Gasteiger partial charge in [0.1, 0.15) is 12.1 Å². The van der Waals surface area contributed by atoms with Gasteiger partial charge in [0.25, 0.3) is 0 Å². The molecule has 2 heterocycles. The maximum atomic E-state index is 13.4. The van der Waals surface area contributed by atoms with Crippen LogP contribution in [0, 0.1) is 12.3 Å². The Morgan fingerprint density at radius 2 is 1.91 bits per heavy atom. The highest BCUT2D eigenvalue weighted by Crippen LogP contribution is 2.34. The van der Waals surface area contributed by atoms with Crippen LogP contribution in [0.1, 0.15) is 83.2 Å². The fraction of sp³-hybridized carbons (Fsp3) is 0.556. The highest BCUT2D eigenvalue weighted by molar-refractivity contribution is 7.13. The van der Waals surface area contributed by atoms with Crippen molar-refractivity contribution in [2.24, 2.45) is 5.41 Å². The molecule has 0 radical (unpaired) electrons. The molecule has 2 aromatic rings. The van der Waals surface area contributed by atoms with Crippen LogP contribution in [0.5, 0.6) is 0 Å². The Morgan fingerprint density at radius 1 is 1.20 bits per heavy atom. The van der Waals surface area contributed by atoms with Crippen molar-refractivity contribution in [3.63, 3.8) is 0 Å². The van der Waals surface area contributed by atoms with Crippen LogP contribution in [0.3, 0.4) is 0 Å². The number of benzene rings is 1. The predicted molar refractivity (Wildman–Crippen MR) is 140 cm³/mol. The average Bonchev–Trinajstić information content (AvgIpc) is 3.45. The summed E-state index contributed by atoms with van der Waals surface area (Å²) in [6.07, 6.45) is 1.94. The first-order valence-corrected chi connectivity index (χ1v) is 13.2. The molecule has 3 rings (SSSR count). The van der Waals surface area contributed by atoms with Crippen molar-refractivity contribution >= 4 is 29.6 Å². The van der Waals surface area contributed by atoms with E-state index in [4.69, 9.17) is 0 Å². The zero-order chi connectivity index (χ0) is 25.9.